The summed E-state index contributed by atoms with van der Waals surface area (Å²) in [6.45, 7) is 6.71. The van der Waals surface area contributed by atoms with Gasteiger partial charge in [0.05, 0.1) is 12.7 Å². The summed E-state index contributed by atoms with van der Waals surface area (Å²) < 4.78 is 16.4. The first kappa shape index (κ1) is 23.9. The van der Waals surface area contributed by atoms with Crippen LogP contribution in [-0.2, 0) is 16.0 Å². The molecule has 1 aromatic heterocycles. The number of pyridine rings is 1. The minimum atomic E-state index is 0. The number of ether oxygens (including phenoxy) is 3. The van der Waals surface area contributed by atoms with Gasteiger partial charge < -0.3 is 24.4 Å². The number of rotatable bonds is 9. The number of methoxy groups -OCH3 is 1. The summed E-state index contributed by atoms with van der Waals surface area (Å²) in [5.41, 5.74) is 1.13. The number of hydrogen-bond donors (Lipinski definition) is 1. The van der Waals surface area contributed by atoms with E-state index in [-0.39, 0.29) is 24.0 Å². The Balaban J connectivity index is 0.00000364. The molecular formula is C19H33IN4O3. The number of halogens is 1. The van der Waals surface area contributed by atoms with Crippen molar-refractivity contribution in [1.29, 1.82) is 0 Å². The van der Waals surface area contributed by atoms with E-state index in [0.717, 1.165) is 57.1 Å². The van der Waals surface area contributed by atoms with Crippen molar-refractivity contribution in [3.8, 4) is 5.88 Å². The van der Waals surface area contributed by atoms with Gasteiger partial charge in [-0.3, -0.25) is 4.99 Å². The minimum absolute atomic E-state index is 0. The van der Waals surface area contributed by atoms with Gasteiger partial charge in [-0.15, -0.1) is 24.0 Å². The fourth-order valence-electron chi connectivity index (χ4n) is 2.99. The van der Waals surface area contributed by atoms with Gasteiger partial charge in [0.25, 0.3) is 0 Å². The van der Waals surface area contributed by atoms with E-state index in [9.17, 15) is 0 Å². The molecule has 0 aliphatic carbocycles. The van der Waals surface area contributed by atoms with Crippen molar-refractivity contribution in [3.05, 3.63) is 23.9 Å². The highest BCUT2D eigenvalue weighted by atomic mass is 127. The molecule has 7 nitrogen and oxygen atoms in total. The molecule has 0 atom stereocenters. The molecule has 0 amide bonds. The number of hydrogen-bond acceptors (Lipinski definition) is 5. The monoisotopic (exact) mass is 492 g/mol. The second kappa shape index (κ2) is 14.0. The van der Waals surface area contributed by atoms with Crippen LogP contribution in [-0.4, -0.2) is 69.0 Å². The lowest BCUT2D eigenvalue weighted by atomic mass is 10.1. The van der Waals surface area contributed by atoms with Gasteiger partial charge in [-0.2, -0.15) is 0 Å². The van der Waals surface area contributed by atoms with Crippen LogP contribution in [0.4, 0.5) is 0 Å². The quantitative estimate of drug-likeness (QED) is 0.248. The fraction of sp³-hybridized carbons (Fsp3) is 0.684. The van der Waals surface area contributed by atoms with E-state index in [1.54, 1.807) is 13.3 Å². The molecule has 2 heterocycles. The molecule has 1 aliphatic rings. The Morgan fingerprint density at radius 1 is 1.33 bits per heavy atom. The van der Waals surface area contributed by atoms with E-state index in [0.29, 0.717) is 25.1 Å². The van der Waals surface area contributed by atoms with Crippen LogP contribution >= 0.6 is 24.0 Å². The molecule has 2 rings (SSSR count). The summed E-state index contributed by atoms with van der Waals surface area (Å²) in [6, 6.07) is 3.95. The number of aliphatic imine (C=N–C) groups is 1. The lowest BCUT2D eigenvalue weighted by Gasteiger charge is -2.34. The van der Waals surface area contributed by atoms with E-state index < -0.39 is 0 Å². The van der Waals surface area contributed by atoms with Crippen molar-refractivity contribution < 1.29 is 14.2 Å². The summed E-state index contributed by atoms with van der Waals surface area (Å²) >= 11 is 0. The number of guanidine groups is 1. The van der Waals surface area contributed by atoms with Gasteiger partial charge in [0.2, 0.25) is 5.88 Å². The Hall–Kier alpha value is -1.13. The Morgan fingerprint density at radius 2 is 2.11 bits per heavy atom. The maximum Gasteiger partial charge on any atom is 0.213 e. The molecule has 0 bridgehead atoms. The van der Waals surface area contributed by atoms with E-state index in [1.807, 2.05) is 26.1 Å². The maximum absolute atomic E-state index is 5.92. The van der Waals surface area contributed by atoms with Crippen molar-refractivity contribution in [2.45, 2.75) is 38.8 Å². The third-order valence-electron chi connectivity index (χ3n) is 4.34. The van der Waals surface area contributed by atoms with Crippen LogP contribution in [0.1, 0.15) is 31.7 Å². The Kier molecular flexibility index (Phi) is 12.4. The highest BCUT2D eigenvalue weighted by molar-refractivity contribution is 14.0. The predicted molar refractivity (Wildman–Crippen MR) is 118 cm³/mol. The van der Waals surface area contributed by atoms with Crippen LogP contribution in [0.25, 0.3) is 0 Å². The van der Waals surface area contributed by atoms with Crippen molar-refractivity contribution in [1.82, 2.24) is 15.2 Å². The molecular weight excluding hydrogens is 459 g/mol. The number of nitrogens with one attached hydrogen (secondary N) is 1. The van der Waals surface area contributed by atoms with Gasteiger partial charge in [-0.1, -0.05) is 0 Å². The molecule has 0 unspecified atom stereocenters. The van der Waals surface area contributed by atoms with Crippen LogP contribution in [0, 0.1) is 0 Å². The molecule has 1 fully saturated rings. The van der Waals surface area contributed by atoms with Crippen LogP contribution < -0.4 is 10.1 Å². The zero-order valence-corrected chi connectivity index (χ0v) is 19.0. The molecule has 0 saturated carbocycles. The average molecular weight is 492 g/mol. The van der Waals surface area contributed by atoms with E-state index in [4.69, 9.17) is 14.2 Å². The van der Waals surface area contributed by atoms with Gasteiger partial charge in [0.1, 0.15) is 0 Å². The van der Waals surface area contributed by atoms with E-state index in [2.05, 4.69) is 20.2 Å². The lowest BCUT2D eigenvalue weighted by Crippen LogP contribution is -2.46. The van der Waals surface area contributed by atoms with Crippen LogP contribution in [0.3, 0.4) is 0 Å². The molecule has 27 heavy (non-hydrogen) atoms. The number of nitrogens with zero attached hydrogens (tertiary/aromatic N) is 3. The standard InChI is InChI=1S/C19H32N4O3.HI/c1-4-25-18-14-16(6-9-21-18)15-22-19(20-2)23-10-7-17(8-11-23)26-13-5-12-24-3;/h6,9,14,17H,4-5,7-8,10-13,15H2,1-3H3,(H,20,22);1H. The summed E-state index contributed by atoms with van der Waals surface area (Å²) in [5.74, 6) is 1.59. The highest BCUT2D eigenvalue weighted by Crippen LogP contribution is 2.15. The molecule has 0 radical (unpaired) electrons. The topological polar surface area (TPSA) is 68.2 Å². The first-order valence-electron chi connectivity index (χ1n) is 9.40. The Labute approximate surface area is 179 Å². The summed E-state index contributed by atoms with van der Waals surface area (Å²) in [4.78, 5) is 10.9. The van der Waals surface area contributed by atoms with Gasteiger partial charge in [0, 0.05) is 59.3 Å². The zero-order chi connectivity index (χ0) is 18.6. The van der Waals surface area contributed by atoms with E-state index >= 15 is 0 Å². The van der Waals surface area contributed by atoms with Crippen molar-refractivity contribution >= 4 is 29.9 Å². The SMILES string of the molecule is CCOc1cc(CNC(=NC)N2CCC(OCCCOC)CC2)ccn1.I. The molecule has 0 aromatic carbocycles. The normalized spacial score (nSPS) is 15.4. The third-order valence-corrected chi connectivity index (χ3v) is 4.34. The largest absolute Gasteiger partial charge is 0.478 e. The Morgan fingerprint density at radius 3 is 2.78 bits per heavy atom. The van der Waals surface area contributed by atoms with Crippen LogP contribution in [0.15, 0.2) is 23.3 Å². The van der Waals surface area contributed by atoms with Gasteiger partial charge in [0.15, 0.2) is 5.96 Å². The van der Waals surface area contributed by atoms with Gasteiger partial charge in [-0.05, 0) is 37.8 Å². The first-order valence-corrected chi connectivity index (χ1v) is 9.40. The summed E-state index contributed by atoms with van der Waals surface area (Å²) in [5, 5.41) is 3.43. The molecule has 154 valence electrons. The average Bonchev–Trinajstić information content (AvgIpc) is 2.67. The number of piperidine rings is 1. The van der Waals surface area contributed by atoms with Crippen LogP contribution in [0.2, 0.25) is 0 Å². The van der Waals surface area contributed by atoms with Crippen molar-refractivity contribution in [3.63, 3.8) is 0 Å². The van der Waals surface area contributed by atoms with E-state index in [1.165, 1.54) is 0 Å². The second-order valence-corrected chi connectivity index (χ2v) is 6.24. The van der Waals surface area contributed by atoms with Crippen LogP contribution in [0.5, 0.6) is 5.88 Å². The lowest BCUT2D eigenvalue weighted by molar-refractivity contribution is 0.00989. The second-order valence-electron chi connectivity index (χ2n) is 6.24. The molecule has 1 N–H and O–H groups in total. The molecule has 1 saturated heterocycles. The fourth-order valence-corrected chi connectivity index (χ4v) is 2.99. The minimum Gasteiger partial charge on any atom is -0.478 e. The van der Waals surface area contributed by atoms with Crippen molar-refractivity contribution in [2.24, 2.45) is 4.99 Å². The predicted octanol–water partition coefficient (Wildman–Crippen LogP) is 2.69. The summed E-state index contributed by atoms with van der Waals surface area (Å²) in [7, 11) is 3.55. The smallest absolute Gasteiger partial charge is 0.213 e. The molecule has 1 aliphatic heterocycles. The van der Waals surface area contributed by atoms with Gasteiger partial charge in [-0.25, -0.2) is 4.98 Å². The number of likely N-dealkylation sites (tertiary alicyclic amines) is 1. The highest BCUT2D eigenvalue weighted by Gasteiger charge is 2.21. The molecule has 0 spiro atoms. The maximum atomic E-state index is 5.92. The third kappa shape index (κ3) is 8.61. The number of aromatic nitrogens is 1. The molecule has 1 aromatic rings. The van der Waals surface area contributed by atoms with Crippen molar-refractivity contribution in [2.75, 3.05) is 47.1 Å². The van der Waals surface area contributed by atoms with Gasteiger partial charge >= 0.3 is 0 Å². The summed E-state index contributed by atoms with van der Waals surface area (Å²) in [6.07, 6.45) is 5.12. The zero-order valence-electron chi connectivity index (χ0n) is 16.6. The molecule has 8 heteroatoms. The first-order chi connectivity index (χ1) is 12.8. The Bertz CT molecular complexity index is 552.